The van der Waals surface area contributed by atoms with Crippen molar-refractivity contribution in [1.29, 1.82) is 0 Å². The summed E-state index contributed by atoms with van der Waals surface area (Å²) in [6.07, 6.45) is 5.73. The topological polar surface area (TPSA) is 64.9 Å². The molecule has 0 aliphatic heterocycles. The van der Waals surface area contributed by atoms with Gasteiger partial charge < -0.3 is 10.3 Å². The highest BCUT2D eigenvalue weighted by Gasteiger charge is 2.16. The molecule has 1 heterocycles. The van der Waals surface area contributed by atoms with E-state index in [4.69, 9.17) is 10.3 Å². The highest BCUT2D eigenvalue weighted by Crippen LogP contribution is 2.16. The first-order valence-corrected chi connectivity index (χ1v) is 6.23. The van der Waals surface area contributed by atoms with Crippen LogP contribution in [0.2, 0.25) is 0 Å². The molecule has 1 unspecified atom stereocenters. The average Bonchev–Trinajstić information content (AvgIpc) is 2.72. The summed E-state index contributed by atoms with van der Waals surface area (Å²) in [4.78, 5) is 4.33. The number of aromatic nitrogens is 2. The summed E-state index contributed by atoms with van der Waals surface area (Å²) < 4.78 is 5.18. The van der Waals surface area contributed by atoms with Gasteiger partial charge in [0.2, 0.25) is 5.89 Å². The lowest BCUT2D eigenvalue weighted by Gasteiger charge is -2.09. The van der Waals surface area contributed by atoms with Crippen LogP contribution in [0.3, 0.4) is 0 Å². The second-order valence-electron chi connectivity index (χ2n) is 4.63. The molecule has 1 aromatic rings. The maximum Gasteiger partial charge on any atom is 0.226 e. The van der Waals surface area contributed by atoms with Gasteiger partial charge in [0.1, 0.15) is 0 Å². The maximum atomic E-state index is 5.94. The number of hydrogen-bond donors (Lipinski definition) is 1. The Morgan fingerprint density at radius 2 is 2.00 bits per heavy atom. The number of nitrogens with zero attached hydrogens (tertiary/aromatic N) is 2. The van der Waals surface area contributed by atoms with E-state index in [1.54, 1.807) is 0 Å². The van der Waals surface area contributed by atoms with Gasteiger partial charge >= 0.3 is 0 Å². The summed E-state index contributed by atoms with van der Waals surface area (Å²) in [5, 5.41) is 3.93. The lowest BCUT2D eigenvalue weighted by atomic mass is 10.1. The molecule has 0 saturated heterocycles. The minimum atomic E-state index is -0.117. The average molecular weight is 225 g/mol. The van der Waals surface area contributed by atoms with Crippen LogP contribution in [0.25, 0.3) is 0 Å². The standard InChI is InChI=1S/C12H23N3O/c1-4-5-6-7-8-10-14-12(15-16-10)11(13)9(2)3/h9,11H,4-8,13H2,1-3H3. The van der Waals surface area contributed by atoms with Crippen molar-refractivity contribution in [3.8, 4) is 0 Å². The molecule has 0 radical (unpaired) electrons. The van der Waals surface area contributed by atoms with E-state index in [0.29, 0.717) is 11.7 Å². The van der Waals surface area contributed by atoms with E-state index in [2.05, 4.69) is 30.9 Å². The maximum absolute atomic E-state index is 5.94. The monoisotopic (exact) mass is 225 g/mol. The van der Waals surface area contributed by atoms with E-state index >= 15 is 0 Å². The molecule has 16 heavy (non-hydrogen) atoms. The summed E-state index contributed by atoms with van der Waals surface area (Å²) >= 11 is 0. The molecule has 1 atom stereocenters. The molecule has 0 bridgehead atoms. The van der Waals surface area contributed by atoms with Crippen LogP contribution < -0.4 is 5.73 Å². The molecular weight excluding hydrogens is 202 g/mol. The Morgan fingerprint density at radius 3 is 2.62 bits per heavy atom. The molecule has 0 amide bonds. The van der Waals surface area contributed by atoms with Crippen LogP contribution in [-0.2, 0) is 6.42 Å². The molecule has 0 aliphatic carbocycles. The highest BCUT2D eigenvalue weighted by molar-refractivity contribution is 4.94. The number of aryl methyl sites for hydroxylation is 1. The van der Waals surface area contributed by atoms with Gasteiger partial charge in [0.25, 0.3) is 0 Å². The molecular formula is C12H23N3O. The molecule has 0 saturated carbocycles. The predicted octanol–water partition coefficient (Wildman–Crippen LogP) is 2.85. The predicted molar refractivity (Wildman–Crippen MR) is 63.9 cm³/mol. The molecule has 2 N–H and O–H groups in total. The second-order valence-corrected chi connectivity index (χ2v) is 4.63. The van der Waals surface area contributed by atoms with E-state index in [-0.39, 0.29) is 6.04 Å². The molecule has 0 aliphatic rings. The smallest absolute Gasteiger partial charge is 0.226 e. The fourth-order valence-corrected chi connectivity index (χ4v) is 1.51. The quantitative estimate of drug-likeness (QED) is 0.725. The summed E-state index contributed by atoms with van der Waals surface area (Å²) in [5.41, 5.74) is 5.94. The van der Waals surface area contributed by atoms with Crippen molar-refractivity contribution >= 4 is 0 Å². The van der Waals surface area contributed by atoms with Gasteiger partial charge in [-0.05, 0) is 12.3 Å². The number of nitrogens with two attached hydrogens (primary N) is 1. The summed E-state index contributed by atoms with van der Waals surface area (Å²) in [6, 6.07) is -0.117. The fourth-order valence-electron chi connectivity index (χ4n) is 1.51. The summed E-state index contributed by atoms with van der Waals surface area (Å²) in [7, 11) is 0. The molecule has 1 aromatic heterocycles. The molecule has 4 nitrogen and oxygen atoms in total. The van der Waals surface area contributed by atoms with Crippen molar-refractivity contribution in [2.24, 2.45) is 11.7 Å². The van der Waals surface area contributed by atoms with Crippen LogP contribution >= 0.6 is 0 Å². The van der Waals surface area contributed by atoms with Crippen molar-refractivity contribution in [3.05, 3.63) is 11.7 Å². The first kappa shape index (κ1) is 13.2. The van der Waals surface area contributed by atoms with Crippen LogP contribution in [0.4, 0.5) is 0 Å². The largest absolute Gasteiger partial charge is 0.339 e. The van der Waals surface area contributed by atoms with Gasteiger partial charge in [-0.25, -0.2) is 0 Å². The molecule has 0 spiro atoms. The van der Waals surface area contributed by atoms with Gasteiger partial charge in [-0.15, -0.1) is 0 Å². The van der Waals surface area contributed by atoms with Gasteiger partial charge in [-0.1, -0.05) is 45.2 Å². The first-order chi connectivity index (χ1) is 7.65. The minimum Gasteiger partial charge on any atom is -0.339 e. The first-order valence-electron chi connectivity index (χ1n) is 6.23. The van der Waals surface area contributed by atoms with Crippen LogP contribution in [0.15, 0.2) is 4.52 Å². The molecule has 0 aromatic carbocycles. The Balaban J connectivity index is 2.39. The van der Waals surface area contributed by atoms with E-state index < -0.39 is 0 Å². The molecule has 0 fully saturated rings. The Hall–Kier alpha value is -0.900. The Bertz CT molecular complexity index is 296. The zero-order valence-corrected chi connectivity index (χ0v) is 10.6. The lowest BCUT2D eigenvalue weighted by molar-refractivity contribution is 0.359. The Labute approximate surface area is 97.6 Å². The van der Waals surface area contributed by atoms with Gasteiger partial charge in [-0.2, -0.15) is 4.98 Å². The van der Waals surface area contributed by atoms with Crippen molar-refractivity contribution in [1.82, 2.24) is 10.1 Å². The third-order valence-electron chi connectivity index (χ3n) is 2.74. The minimum absolute atomic E-state index is 0.117. The van der Waals surface area contributed by atoms with E-state index in [1.807, 2.05) is 0 Å². The highest BCUT2D eigenvalue weighted by atomic mass is 16.5. The van der Waals surface area contributed by atoms with Crippen molar-refractivity contribution in [3.63, 3.8) is 0 Å². The zero-order chi connectivity index (χ0) is 12.0. The zero-order valence-electron chi connectivity index (χ0n) is 10.6. The van der Waals surface area contributed by atoms with Crippen LogP contribution in [0, 0.1) is 5.92 Å². The van der Waals surface area contributed by atoms with Crippen molar-refractivity contribution in [2.75, 3.05) is 0 Å². The van der Waals surface area contributed by atoms with Gasteiger partial charge in [0.05, 0.1) is 6.04 Å². The van der Waals surface area contributed by atoms with Gasteiger partial charge in [0, 0.05) is 6.42 Å². The SMILES string of the molecule is CCCCCCc1nc(C(N)C(C)C)no1. The third kappa shape index (κ3) is 3.93. The normalized spacial score (nSPS) is 13.3. The third-order valence-corrected chi connectivity index (χ3v) is 2.74. The van der Waals surface area contributed by atoms with Crippen molar-refractivity contribution < 1.29 is 4.52 Å². The fraction of sp³-hybridized carbons (Fsp3) is 0.833. The Morgan fingerprint density at radius 1 is 1.25 bits per heavy atom. The Kier molecular flexibility index (Phi) is 5.46. The summed E-state index contributed by atoms with van der Waals surface area (Å²) in [6.45, 7) is 6.32. The van der Waals surface area contributed by atoms with Crippen molar-refractivity contribution in [2.45, 2.75) is 58.9 Å². The van der Waals surface area contributed by atoms with Crippen LogP contribution in [0.1, 0.15) is 64.2 Å². The van der Waals surface area contributed by atoms with Gasteiger partial charge in [-0.3, -0.25) is 0 Å². The molecule has 1 rings (SSSR count). The molecule has 92 valence electrons. The van der Waals surface area contributed by atoms with E-state index in [9.17, 15) is 0 Å². The molecule has 4 heteroatoms. The van der Waals surface area contributed by atoms with Gasteiger partial charge in [0.15, 0.2) is 5.82 Å². The summed E-state index contributed by atoms with van der Waals surface area (Å²) in [5.74, 6) is 1.70. The van der Waals surface area contributed by atoms with Crippen LogP contribution in [-0.4, -0.2) is 10.1 Å². The number of unbranched alkanes of at least 4 members (excludes halogenated alkanes) is 3. The van der Waals surface area contributed by atoms with E-state index in [0.717, 1.165) is 18.7 Å². The number of rotatable bonds is 7. The van der Waals surface area contributed by atoms with E-state index in [1.165, 1.54) is 19.3 Å². The number of hydrogen-bond acceptors (Lipinski definition) is 4. The second kappa shape index (κ2) is 6.63. The van der Waals surface area contributed by atoms with Crippen LogP contribution in [0.5, 0.6) is 0 Å². The lowest BCUT2D eigenvalue weighted by Crippen LogP contribution is -2.18.